The van der Waals surface area contributed by atoms with Crippen molar-refractivity contribution in [3.63, 3.8) is 0 Å². The number of sulfonamides is 1. The molecule has 1 amide bonds. The van der Waals surface area contributed by atoms with Crippen LogP contribution in [0.3, 0.4) is 0 Å². The first-order valence-corrected chi connectivity index (χ1v) is 9.81. The maximum atomic E-state index is 13.2. The van der Waals surface area contributed by atoms with Gasteiger partial charge in [-0.05, 0) is 29.7 Å². The van der Waals surface area contributed by atoms with E-state index in [-0.39, 0.29) is 22.9 Å². The first kappa shape index (κ1) is 19.3. The van der Waals surface area contributed by atoms with Crippen LogP contribution in [-0.4, -0.2) is 36.6 Å². The van der Waals surface area contributed by atoms with Crippen molar-refractivity contribution in [2.24, 2.45) is 0 Å². The molecule has 142 valence electrons. The molecule has 0 saturated carbocycles. The molecule has 2 aromatic rings. The van der Waals surface area contributed by atoms with E-state index >= 15 is 0 Å². The van der Waals surface area contributed by atoms with Crippen molar-refractivity contribution in [1.29, 1.82) is 0 Å². The lowest BCUT2D eigenvalue weighted by molar-refractivity contribution is -0.384. The van der Waals surface area contributed by atoms with Gasteiger partial charge in [0, 0.05) is 19.7 Å². The minimum atomic E-state index is -4.17. The lowest BCUT2D eigenvalue weighted by Gasteiger charge is -2.34. The Morgan fingerprint density at radius 3 is 2.56 bits per heavy atom. The van der Waals surface area contributed by atoms with Crippen molar-refractivity contribution in [1.82, 2.24) is 9.62 Å². The minimum absolute atomic E-state index is 0.00693. The number of carbonyl (C=O) groups is 1. The van der Waals surface area contributed by atoms with E-state index in [2.05, 4.69) is 5.32 Å². The SMILES string of the molecule is CNC(=O)C1Cc2ccccc2CN1S(=O)(=O)c1ccc(Cl)c([N+](=O)[O-])c1. The molecular weight excluding hydrogens is 394 g/mol. The maximum absolute atomic E-state index is 13.2. The lowest BCUT2D eigenvalue weighted by Crippen LogP contribution is -2.51. The van der Waals surface area contributed by atoms with Crippen LogP contribution in [0.1, 0.15) is 11.1 Å². The maximum Gasteiger partial charge on any atom is 0.289 e. The van der Waals surface area contributed by atoms with Crippen molar-refractivity contribution in [2.45, 2.75) is 23.9 Å². The Labute approximate surface area is 160 Å². The number of nitro groups is 1. The molecule has 0 saturated heterocycles. The molecule has 0 aromatic heterocycles. The Balaban J connectivity index is 2.10. The second-order valence-corrected chi connectivity index (χ2v) is 8.32. The number of hydrogen-bond donors (Lipinski definition) is 1. The third kappa shape index (κ3) is 3.53. The smallest absolute Gasteiger partial charge is 0.289 e. The fourth-order valence-electron chi connectivity index (χ4n) is 3.07. The summed E-state index contributed by atoms with van der Waals surface area (Å²) in [4.78, 5) is 22.4. The van der Waals surface area contributed by atoms with E-state index in [4.69, 9.17) is 11.6 Å². The number of benzene rings is 2. The fourth-order valence-corrected chi connectivity index (χ4v) is 4.84. The largest absolute Gasteiger partial charge is 0.358 e. The number of nitrogens with zero attached hydrogens (tertiary/aromatic N) is 2. The molecule has 1 N–H and O–H groups in total. The summed E-state index contributed by atoms with van der Waals surface area (Å²) in [6, 6.07) is 9.59. The van der Waals surface area contributed by atoms with Gasteiger partial charge in [0.05, 0.1) is 9.82 Å². The van der Waals surface area contributed by atoms with Crippen molar-refractivity contribution in [2.75, 3.05) is 7.05 Å². The van der Waals surface area contributed by atoms with Gasteiger partial charge in [0.2, 0.25) is 15.9 Å². The Hall–Kier alpha value is -2.49. The van der Waals surface area contributed by atoms with E-state index in [0.29, 0.717) is 0 Å². The van der Waals surface area contributed by atoms with Gasteiger partial charge in [0.15, 0.2) is 0 Å². The molecule has 1 unspecified atom stereocenters. The summed E-state index contributed by atoms with van der Waals surface area (Å²) in [7, 11) is -2.74. The van der Waals surface area contributed by atoms with Crippen LogP contribution in [0.15, 0.2) is 47.4 Å². The molecule has 1 aliphatic heterocycles. The molecule has 1 aliphatic rings. The van der Waals surface area contributed by atoms with Gasteiger partial charge in [-0.2, -0.15) is 4.31 Å². The van der Waals surface area contributed by atoms with Crippen LogP contribution in [-0.2, 0) is 27.8 Å². The van der Waals surface area contributed by atoms with Crippen molar-refractivity contribution < 1.29 is 18.1 Å². The second-order valence-electron chi connectivity index (χ2n) is 6.02. The number of rotatable bonds is 4. The highest BCUT2D eigenvalue weighted by molar-refractivity contribution is 7.89. The van der Waals surface area contributed by atoms with Crippen LogP contribution in [0.25, 0.3) is 0 Å². The summed E-state index contributed by atoms with van der Waals surface area (Å²) in [5.41, 5.74) is 1.16. The summed E-state index contributed by atoms with van der Waals surface area (Å²) >= 11 is 5.78. The predicted molar refractivity (Wildman–Crippen MR) is 98.8 cm³/mol. The van der Waals surface area contributed by atoms with Crippen LogP contribution < -0.4 is 5.32 Å². The lowest BCUT2D eigenvalue weighted by atomic mass is 9.95. The molecule has 2 aromatic carbocycles. The first-order chi connectivity index (χ1) is 12.8. The number of nitrogens with one attached hydrogen (secondary N) is 1. The van der Waals surface area contributed by atoms with E-state index < -0.39 is 32.6 Å². The van der Waals surface area contributed by atoms with E-state index in [1.165, 1.54) is 19.2 Å². The van der Waals surface area contributed by atoms with Crippen LogP contribution in [0, 0.1) is 10.1 Å². The molecule has 3 rings (SSSR count). The molecule has 0 aliphatic carbocycles. The predicted octanol–water partition coefficient (Wildman–Crippen LogP) is 2.11. The number of nitro benzene ring substituents is 1. The number of halogens is 1. The highest BCUT2D eigenvalue weighted by atomic mass is 35.5. The first-order valence-electron chi connectivity index (χ1n) is 8.00. The van der Waals surface area contributed by atoms with Crippen molar-refractivity contribution in [3.8, 4) is 0 Å². The molecule has 0 bridgehead atoms. The topological polar surface area (TPSA) is 110 Å². The molecule has 1 heterocycles. The van der Waals surface area contributed by atoms with Gasteiger partial charge >= 0.3 is 0 Å². The molecule has 0 radical (unpaired) electrons. The van der Waals surface area contributed by atoms with Gasteiger partial charge in [-0.25, -0.2) is 8.42 Å². The molecule has 27 heavy (non-hydrogen) atoms. The molecule has 0 spiro atoms. The molecular formula is C17H16ClN3O5S. The van der Waals surface area contributed by atoms with Gasteiger partial charge in [0.1, 0.15) is 11.1 Å². The van der Waals surface area contributed by atoms with E-state index in [1.807, 2.05) is 12.1 Å². The number of fused-ring (bicyclic) bond motifs is 1. The number of likely N-dealkylation sites (N-methyl/N-ethyl adjacent to an activating group) is 1. The third-order valence-electron chi connectivity index (χ3n) is 4.48. The van der Waals surface area contributed by atoms with Crippen LogP contribution in [0.5, 0.6) is 0 Å². The molecule has 0 fully saturated rings. The van der Waals surface area contributed by atoms with E-state index in [9.17, 15) is 23.3 Å². The fraction of sp³-hybridized carbons (Fsp3) is 0.235. The number of carbonyl (C=O) groups excluding carboxylic acids is 1. The summed E-state index contributed by atoms with van der Waals surface area (Å²) in [6.07, 6.45) is 0.213. The van der Waals surface area contributed by atoms with Gasteiger partial charge in [-0.15, -0.1) is 0 Å². The normalized spacial score (nSPS) is 17.2. The average molecular weight is 410 g/mol. The molecule has 8 nitrogen and oxygen atoms in total. The Kier molecular flexibility index (Phi) is 5.18. The molecule has 1 atom stereocenters. The summed E-state index contributed by atoms with van der Waals surface area (Å²) in [6.45, 7) is -0.00693. The monoisotopic (exact) mass is 409 g/mol. The highest BCUT2D eigenvalue weighted by Gasteiger charge is 2.39. The van der Waals surface area contributed by atoms with Crippen molar-refractivity contribution >= 4 is 33.2 Å². The van der Waals surface area contributed by atoms with E-state index in [0.717, 1.165) is 21.5 Å². The van der Waals surface area contributed by atoms with Crippen LogP contribution in [0.2, 0.25) is 5.02 Å². The third-order valence-corrected chi connectivity index (χ3v) is 6.65. The van der Waals surface area contributed by atoms with Crippen LogP contribution in [0.4, 0.5) is 5.69 Å². The Morgan fingerprint density at radius 1 is 1.26 bits per heavy atom. The van der Waals surface area contributed by atoms with Gasteiger partial charge in [-0.1, -0.05) is 35.9 Å². The summed E-state index contributed by atoms with van der Waals surface area (Å²) < 4.78 is 27.5. The minimum Gasteiger partial charge on any atom is -0.358 e. The standard InChI is InChI=1S/C17H16ClN3O5S/c1-19-17(22)16-8-11-4-2-3-5-12(11)10-20(16)27(25,26)13-6-7-14(18)15(9-13)21(23)24/h2-7,9,16H,8,10H2,1H3,(H,19,22). The van der Waals surface area contributed by atoms with Crippen LogP contribution >= 0.6 is 11.6 Å². The number of amides is 1. The molecule has 10 heteroatoms. The zero-order chi connectivity index (χ0) is 19.8. The van der Waals surface area contributed by atoms with Gasteiger partial charge in [-0.3, -0.25) is 14.9 Å². The zero-order valence-corrected chi connectivity index (χ0v) is 15.8. The Morgan fingerprint density at radius 2 is 1.93 bits per heavy atom. The van der Waals surface area contributed by atoms with Gasteiger partial charge < -0.3 is 5.32 Å². The number of hydrogen-bond acceptors (Lipinski definition) is 5. The quantitative estimate of drug-likeness (QED) is 0.614. The summed E-state index contributed by atoms with van der Waals surface area (Å²) in [5, 5.41) is 13.4. The van der Waals surface area contributed by atoms with Gasteiger partial charge in [0.25, 0.3) is 5.69 Å². The second kappa shape index (κ2) is 7.26. The van der Waals surface area contributed by atoms with E-state index in [1.54, 1.807) is 12.1 Å². The zero-order valence-electron chi connectivity index (χ0n) is 14.3. The highest BCUT2D eigenvalue weighted by Crippen LogP contribution is 2.32. The summed E-state index contributed by atoms with van der Waals surface area (Å²) in [5.74, 6) is -0.448. The Bertz CT molecular complexity index is 1020. The van der Waals surface area contributed by atoms with Crippen molar-refractivity contribution in [3.05, 3.63) is 68.7 Å². The average Bonchev–Trinajstić information content (AvgIpc) is 2.66.